The normalized spacial score (nSPS) is 12.7. The maximum Gasteiger partial charge on any atom is 0.0846 e. The Labute approximate surface area is 123 Å². The van der Waals surface area contributed by atoms with Crippen LogP contribution < -0.4 is 0 Å². The van der Waals surface area contributed by atoms with Crippen LogP contribution in [0.15, 0.2) is 46.6 Å². The fourth-order valence-corrected chi connectivity index (χ4v) is 3.15. The Bertz CT molecular complexity index is 713. The highest BCUT2D eigenvalue weighted by atomic mass is 79.9. The number of halogens is 1. The van der Waals surface area contributed by atoms with Crippen molar-refractivity contribution in [1.29, 1.82) is 0 Å². The number of aliphatic hydroxyl groups is 1. The summed E-state index contributed by atoms with van der Waals surface area (Å²) in [6.45, 7) is 0. The van der Waals surface area contributed by atoms with E-state index in [-0.39, 0.29) is 0 Å². The zero-order valence-corrected chi connectivity index (χ0v) is 12.4. The van der Waals surface area contributed by atoms with Crippen molar-refractivity contribution in [2.45, 2.75) is 12.5 Å². The monoisotopic (exact) mass is 334 g/mol. The number of pyridine rings is 2. The number of rotatable bonds is 3. The van der Waals surface area contributed by atoms with Crippen LogP contribution >= 0.6 is 27.3 Å². The Hall–Kier alpha value is -1.30. The van der Waals surface area contributed by atoms with Crippen LogP contribution in [0, 0.1) is 0 Å². The molecule has 0 bridgehead atoms. The Morgan fingerprint density at radius 1 is 1.26 bits per heavy atom. The van der Waals surface area contributed by atoms with Crippen molar-refractivity contribution in [2.75, 3.05) is 0 Å². The molecular weight excluding hydrogens is 324 g/mol. The third-order valence-electron chi connectivity index (χ3n) is 2.90. The fraction of sp³-hybridized carbons (Fsp3) is 0.143. The first-order valence-corrected chi connectivity index (χ1v) is 7.50. The molecule has 1 atom stereocenters. The number of thiophene rings is 1. The molecule has 3 nitrogen and oxygen atoms in total. The summed E-state index contributed by atoms with van der Waals surface area (Å²) in [5, 5.41) is 12.3. The van der Waals surface area contributed by atoms with Gasteiger partial charge in [0.15, 0.2) is 0 Å². The van der Waals surface area contributed by atoms with Gasteiger partial charge in [-0.3, -0.25) is 9.97 Å². The first kappa shape index (κ1) is 12.7. The van der Waals surface area contributed by atoms with Crippen molar-refractivity contribution in [1.82, 2.24) is 9.97 Å². The molecule has 0 saturated carbocycles. The number of aliphatic hydroxyl groups excluding tert-OH is 1. The zero-order valence-electron chi connectivity index (χ0n) is 9.95. The SMILES string of the molecule is OC(Cc1cncc(Br)c1)c1cnc2ccsc2c1. The first-order chi connectivity index (χ1) is 9.22. The predicted octanol–water partition coefficient (Wildman–Crippen LogP) is 3.73. The highest BCUT2D eigenvalue weighted by Crippen LogP contribution is 2.25. The first-order valence-electron chi connectivity index (χ1n) is 5.83. The summed E-state index contributed by atoms with van der Waals surface area (Å²) in [6, 6.07) is 5.95. The van der Waals surface area contributed by atoms with E-state index in [2.05, 4.69) is 25.9 Å². The van der Waals surface area contributed by atoms with Crippen molar-refractivity contribution in [3.63, 3.8) is 0 Å². The molecule has 0 fully saturated rings. The quantitative estimate of drug-likeness (QED) is 0.793. The van der Waals surface area contributed by atoms with Gasteiger partial charge in [0.1, 0.15) is 0 Å². The van der Waals surface area contributed by atoms with E-state index in [9.17, 15) is 5.11 Å². The van der Waals surface area contributed by atoms with Gasteiger partial charge >= 0.3 is 0 Å². The van der Waals surface area contributed by atoms with Gasteiger partial charge in [-0.15, -0.1) is 11.3 Å². The molecule has 0 amide bonds. The summed E-state index contributed by atoms with van der Waals surface area (Å²) in [5.74, 6) is 0. The molecule has 3 aromatic rings. The fourth-order valence-electron chi connectivity index (χ4n) is 1.95. The standard InChI is InChI=1S/C14H11BrN2OS/c15-11-3-9(6-16-8-11)4-13(18)10-5-14-12(17-7-10)1-2-19-14/h1-3,5-8,13,18H,4H2. The van der Waals surface area contributed by atoms with Crippen LogP contribution in [0.4, 0.5) is 0 Å². The lowest BCUT2D eigenvalue weighted by atomic mass is 10.0. The molecule has 0 saturated heterocycles. The topological polar surface area (TPSA) is 46.0 Å². The van der Waals surface area contributed by atoms with E-state index in [4.69, 9.17) is 0 Å². The van der Waals surface area contributed by atoms with E-state index in [1.807, 2.05) is 23.6 Å². The summed E-state index contributed by atoms with van der Waals surface area (Å²) in [7, 11) is 0. The van der Waals surface area contributed by atoms with Crippen molar-refractivity contribution in [2.24, 2.45) is 0 Å². The maximum atomic E-state index is 10.3. The lowest BCUT2D eigenvalue weighted by Gasteiger charge is -2.10. The number of fused-ring (bicyclic) bond motifs is 1. The van der Waals surface area contributed by atoms with Crippen LogP contribution in [0.5, 0.6) is 0 Å². The average Bonchev–Trinajstić information content (AvgIpc) is 2.85. The molecule has 3 rings (SSSR count). The minimum atomic E-state index is -0.560. The molecule has 0 radical (unpaired) electrons. The van der Waals surface area contributed by atoms with Gasteiger partial charge in [-0.25, -0.2) is 0 Å². The number of hydrogen-bond donors (Lipinski definition) is 1. The van der Waals surface area contributed by atoms with Gasteiger partial charge < -0.3 is 5.11 Å². The summed E-state index contributed by atoms with van der Waals surface area (Å²) < 4.78 is 2.02. The number of aromatic nitrogens is 2. The molecule has 3 heterocycles. The molecule has 5 heteroatoms. The molecule has 96 valence electrons. The van der Waals surface area contributed by atoms with Crippen LogP contribution in [0.2, 0.25) is 0 Å². The second kappa shape index (κ2) is 5.36. The molecule has 0 aliphatic rings. The van der Waals surface area contributed by atoms with E-state index < -0.39 is 6.10 Å². The van der Waals surface area contributed by atoms with Crippen LogP contribution in [-0.2, 0) is 6.42 Å². The highest BCUT2D eigenvalue weighted by molar-refractivity contribution is 9.10. The molecule has 19 heavy (non-hydrogen) atoms. The maximum absolute atomic E-state index is 10.3. The summed E-state index contributed by atoms with van der Waals surface area (Å²) in [4.78, 5) is 8.45. The number of hydrogen-bond acceptors (Lipinski definition) is 4. The van der Waals surface area contributed by atoms with Crippen LogP contribution in [0.25, 0.3) is 10.2 Å². The lowest BCUT2D eigenvalue weighted by molar-refractivity contribution is 0.178. The van der Waals surface area contributed by atoms with Gasteiger partial charge in [0.25, 0.3) is 0 Å². The molecule has 1 unspecified atom stereocenters. The third kappa shape index (κ3) is 2.83. The number of nitrogens with zero attached hydrogens (tertiary/aromatic N) is 2. The minimum Gasteiger partial charge on any atom is -0.388 e. The molecule has 1 N–H and O–H groups in total. The highest BCUT2D eigenvalue weighted by Gasteiger charge is 2.11. The Kier molecular flexibility index (Phi) is 3.59. The van der Waals surface area contributed by atoms with Gasteiger partial charge in [0.2, 0.25) is 0 Å². The third-order valence-corrected chi connectivity index (χ3v) is 4.19. The van der Waals surface area contributed by atoms with Crippen molar-refractivity contribution in [3.05, 3.63) is 57.8 Å². The van der Waals surface area contributed by atoms with Crippen molar-refractivity contribution >= 4 is 37.5 Å². The smallest absolute Gasteiger partial charge is 0.0846 e. The molecule has 0 aliphatic heterocycles. The summed E-state index contributed by atoms with van der Waals surface area (Å²) in [6.07, 6.45) is 5.21. The second-order valence-electron chi connectivity index (χ2n) is 4.30. The molecule has 3 aromatic heterocycles. The van der Waals surface area contributed by atoms with Crippen LogP contribution in [-0.4, -0.2) is 15.1 Å². The van der Waals surface area contributed by atoms with Gasteiger partial charge in [0, 0.05) is 35.0 Å². The van der Waals surface area contributed by atoms with E-state index >= 15 is 0 Å². The van der Waals surface area contributed by atoms with E-state index in [0.29, 0.717) is 6.42 Å². The van der Waals surface area contributed by atoms with Crippen LogP contribution in [0.1, 0.15) is 17.2 Å². The van der Waals surface area contributed by atoms with E-state index in [1.54, 1.807) is 29.9 Å². The summed E-state index contributed by atoms with van der Waals surface area (Å²) in [5.41, 5.74) is 2.81. The van der Waals surface area contributed by atoms with Crippen LogP contribution in [0.3, 0.4) is 0 Å². The van der Waals surface area contributed by atoms with Gasteiger partial charge in [-0.1, -0.05) is 0 Å². The summed E-state index contributed by atoms with van der Waals surface area (Å²) >= 11 is 5.02. The van der Waals surface area contributed by atoms with E-state index in [1.165, 1.54) is 0 Å². The second-order valence-corrected chi connectivity index (χ2v) is 6.17. The largest absolute Gasteiger partial charge is 0.388 e. The van der Waals surface area contributed by atoms with Gasteiger partial charge in [-0.05, 0) is 45.1 Å². The molecule has 0 aromatic carbocycles. The van der Waals surface area contributed by atoms with Crippen molar-refractivity contribution < 1.29 is 5.11 Å². The Morgan fingerprint density at radius 2 is 2.16 bits per heavy atom. The molecule has 0 spiro atoms. The Balaban J connectivity index is 1.84. The van der Waals surface area contributed by atoms with Crippen molar-refractivity contribution in [3.8, 4) is 0 Å². The van der Waals surface area contributed by atoms with Gasteiger partial charge in [0.05, 0.1) is 16.3 Å². The average molecular weight is 335 g/mol. The molecular formula is C14H11BrN2OS. The minimum absolute atomic E-state index is 0.533. The van der Waals surface area contributed by atoms with E-state index in [0.717, 1.165) is 25.8 Å². The predicted molar refractivity (Wildman–Crippen MR) is 80.2 cm³/mol. The lowest BCUT2D eigenvalue weighted by Crippen LogP contribution is -2.02. The Morgan fingerprint density at radius 3 is 3.00 bits per heavy atom. The van der Waals surface area contributed by atoms with Gasteiger partial charge in [-0.2, -0.15) is 0 Å². The molecule has 0 aliphatic carbocycles. The zero-order chi connectivity index (χ0) is 13.2.